The van der Waals surface area contributed by atoms with E-state index in [0.717, 1.165) is 12.8 Å². The van der Waals surface area contributed by atoms with Crippen molar-refractivity contribution < 1.29 is 33.8 Å². The predicted molar refractivity (Wildman–Crippen MR) is 114 cm³/mol. The number of unbranched alkanes of at least 4 members (excludes halogenated alkanes) is 2. The Morgan fingerprint density at radius 1 is 0.759 bits per heavy atom. The average Bonchev–Trinajstić information content (AvgIpc) is 2.63. The fourth-order valence-corrected chi connectivity index (χ4v) is 6.06. The van der Waals surface area contributed by atoms with E-state index in [1.807, 2.05) is 13.8 Å². The Kier molecular flexibility index (Phi) is 7.86. The molecule has 2 aromatic rings. The van der Waals surface area contributed by atoms with Crippen molar-refractivity contribution in [3.63, 3.8) is 0 Å². The van der Waals surface area contributed by atoms with E-state index in [2.05, 4.69) is 0 Å². The third-order valence-corrected chi connectivity index (χ3v) is 7.07. The van der Waals surface area contributed by atoms with Crippen molar-refractivity contribution in [1.82, 2.24) is 0 Å². The van der Waals surface area contributed by atoms with Gasteiger partial charge >= 0.3 is 15.2 Å². The molecule has 2 rings (SSSR count). The molecule has 0 aliphatic heterocycles. The molecule has 0 aliphatic rings. The first-order chi connectivity index (χ1) is 13.5. The highest BCUT2D eigenvalue weighted by atomic mass is 31.2. The molecule has 0 unspecified atom stereocenters. The number of phenols is 1. The minimum atomic E-state index is -5.18. The van der Waals surface area contributed by atoms with Crippen molar-refractivity contribution in [2.45, 2.75) is 52.4 Å². The first-order valence-corrected chi connectivity index (χ1v) is 12.8. The van der Waals surface area contributed by atoms with E-state index < -0.39 is 31.6 Å². The van der Waals surface area contributed by atoms with E-state index in [9.17, 15) is 33.8 Å². The summed E-state index contributed by atoms with van der Waals surface area (Å²) < 4.78 is 24.7. The molecule has 0 bridgehead atoms. The number of phenolic OH excluding ortho intramolecular Hbond substituents is 1. The molecule has 0 radical (unpaired) electrons. The van der Waals surface area contributed by atoms with Crippen LogP contribution in [-0.2, 0) is 22.0 Å². The maximum Gasteiger partial charge on any atom is 0.360 e. The maximum atomic E-state index is 12.4. The molecule has 0 saturated heterocycles. The van der Waals surface area contributed by atoms with Crippen LogP contribution in [0.4, 0.5) is 0 Å². The summed E-state index contributed by atoms with van der Waals surface area (Å²) in [5.74, 6) is -0.698. The molecule has 2 aromatic carbocycles. The van der Waals surface area contributed by atoms with Crippen LogP contribution in [0.5, 0.6) is 5.75 Å². The van der Waals surface area contributed by atoms with Crippen LogP contribution in [0.3, 0.4) is 0 Å². The summed E-state index contributed by atoms with van der Waals surface area (Å²) in [4.78, 5) is 40.0. The zero-order valence-corrected chi connectivity index (χ0v) is 18.4. The van der Waals surface area contributed by atoms with E-state index in [1.54, 1.807) is 30.3 Å². The molecule has 0 aliphatic carbocycles. The first kappa shape index (κ1) is 23.8. The number of hydrogen-bond acceptors (Lipinski definition) is 3. The number of rotatable bonds is 9. The SMILES string of the molecule is CCCCc1c(O)c(P(=O)(O)O)c(P(=O)(O)O)c(-c2ccccc2)c1CCCC. The maximum absolute atomic E-state index is 12.4. The molecule has 0 heterocycles. The van der Waals surface area contributed by atoms with Crippen molar-refractivity contribution in [1.29, 1.82) is 0 Å². The molecule has 29 heavy (non-hydrogen) atoms. The normalized spacial score (nSPS) is 12.3. The fraction of sp³-hybridized carbons (Fsp3) is 0.400. The van der Waals surface area contributed by atoms with E-state index in [-0.39, 0.29) is 5.56 Å². The van der Waals surface area contributed by atoms with Gasteiger partial charge in [-0.1, -0.05) is 57.0 Å². The summed E-state index contributed by atoms with van der Waals surface area (Å²) in [5, 5.41) is 9.07. The average molecular weight is 442 g/mol. The lowest BCUT2D eigenvalue weighted by Crippen LogP contribution is -2.30. The van der Waals surface area contributed by atoms with Gasteiger partial charge in [0.05, 0.1) is 5.30 Å². The van der Waals surface area contributed by atoms with Crippen LogP contribution >= 0.6 is 15.2 Å². The fourth-order valence-electron chi connectivity index (χ4n) is 3.54. The van der Waals surface area contributed by atoms with Crippen molar-refractivity contribution >= 4 is 25.8 Å². The molecule has 7 nitrogen and oxygen atoms in total. The van der Waals surface area contributed by atoms with Gasteiger partial charge in [-0.2, -0.15) is 0 Å². The summed E-state index contributed by atoms with van der Waals surface area (Å²) in [5.41, 5.74) is 1.47. The van der Waals surface area contributed by atoms with Crippen LogP contribution in [0.15, 0.2) is 30.3 Å². The molecule has 9 heteroatoms. The predicted octanol–water partition coefficient (Wildman–Crippen LogP) is 3.35. The quantitative estimate of drug-likeness (QED) is 0.376. The zero-order valence-electron chi connectivity index (χ0n) is 16.6. The van der Waals surface area contributed by atoms with Crippen LogP contribution < -0.4 is 10.6 Å². The second-order valence-corrected chi connectivity index (χ2v) is 10.1. The third-order valence-electron chi connectivity index (χ3n) is 4.84. The highest BCUT2D eigenvalue weighted by Gasteiger charge is 2.40. The zero-order chi connectivity index (χ0) is 21.8. The molecule has 0 spiro atoms. The number of benzene rings is 2. The summed E-state index contributed by atoms with van der Waals surface area (Å²) >= 11 is 0. The smallest absolute Gasteiger partial charge is 0.360 e. The highest BCUT2D eigenvalue weighted by molar-refractivity contribution is 7.67. The summed E-state index contributed by atoms with van der Waals surface area (Å²) in [6.45, 7) is 3.93. The van der Waals surface area contributed by atoms with Gasteiger partial charge in [-0.15, -0.1) is 0 Å². The van der Waals surface area contributed by atoms with Crippen LogP contribution in [-0.4, -0.2) is 24.7 Å². The largest absolute Gasteiger partial charge is 0.507 e. The lowest BCUT2D eigenvalue weighted by Gasteiger charge is -2.25. The molecule has 160 valence electrons. The molecule has 0 fully saturated rings. The van der Waals surface area contributed by atoms with E-state index in [1.165, 1.54) is 0 Å². The molecular formula is C20H28O7P2. The van der Waals surface area contributed by atoms with Crippen LogP contribution in [0.25, 0.3) is 11.1 Å². The Morgan fingerprint density at radius 2 is 1.24 bits per heavy atom. The molecule has 0 atom stereocenters. The van der Waals surface area contributed by atoms with Gasteiger partial charge < -0.3 is 24.7 Å². The third kappa shape index (κ3) is 5.37. The molecule has 0 amide bonds. The van der Waals surface area contributed by atoms with Gasteiger partial charge in [-0.3, -0.25) is 9.13 Å². The topological polar surface area (TPSA) is 135 Å². The van der Waals surface area contributed by atoms with Gasteiger partial charge in [-0.05, 0) is 42.4 Å². The molecular weight excluding hydrogens is 414 g/mol. The van der Waals surface area contributed by atoms with Crippen molar-refractivity contribution in [2.24, 2.45) is 0 Å². The minimum absolute atomic E-state index is 0.120. The van der Waals surface area contributed by atoms with E-state index in [4.69, 9.17) is 0 Å². The van der Waals surface area contributed by atoms with Gasteiger partial charge in [0.15, 0.2) is 0 Å². The van der Waals surface area contributed by atoms with Gasteiger partial charge in [0.2, 0.25) is 0 Å². The number of hydrogen-bond donors (Lipinski definition) is 5. The van der Waals surface area contributed by atoms with Crippen LogP contribution in [0.2, 0.25) is 0 Å². The molecule has 0 saturated carbocycles. The van der Waals surface area contributed by atoms with Crippen LogP contribution in [0, 0.1) is 0 Å². The number of aromatic hydroxyl groups is 1. The van der Waals surface area contributed by atoms with Crippen molar-refractivity contribution in [2.75, 3.05) is 0 Å². The Labute approximate surface area is 170 Å². The van der Waals surface area contributed by atoms with Gasteiger partial charge in [0.1, 0.15) is 11.1 Å². The Hall–Kier alpha value is -1.46. The van der Waals surface area contributed by atoms with E-state index in [0.29, 0.717) is 42.4 Å². The van der Waals surface area contributed by atoms with Crippen molar-refractivity contribution in [3.05, 3.63) is 41.5 Å². The lowest BCUT2D eigenvalue weighted by molar-refractivity contribution is 0.378. The van der Waals surface area contributed by atoms with Gasteiger partial charge in [-0.25, -0.2) is 0 Å². The monoisotopic (exact) mass is 442 g/mol. The highest BCUT2D eigenvalue weighted by Crippen LogP contribution is 2.48. The minimum Gasteiger partial charge on any atom is -0.507 e. The lowest BCUT2D eigenvalue weighted by atomic mass is 9.89. The second-order valence-electron chi connectivity index (χ2n) is 7.04. The second kappa shape index (κ2) is 9.57. The Balaban J connectivity index is 3.09. The summed E-state index contributed by atoms with van der Waals surface area (Å²) in [7, 11) is -10.3. The van der Waals surface area contributed by atoms with E-state index >= 15 is 0 Å². The van der Waals surface area contributed by atoms with Gasteiger partial charge in [0, 0.05) is 5.56 Å². The Bertz CT molecular complexity index is 945. The summed E-state index contributed by atoms with van der Waals surface area (Å²) in [6, 6.07) is 8.42. The summed E-state index contributed by atoms with van der Waals surface area (Å²) in [6.07, 6.45) is 3.76. The molecule has 0 aromatic heterocycles. The molecule has 5 N–H and O–H groups in total. The Morgan fingerprint density at radius 3 is 1.69 bits per heavy atom. The first-order valence-electron chi connectivity index (χ1n) is 9.62. The van der Waals surface area contributed by atoms with Crippen LogP contribution in [0.1, 0.15) is 50.7 Å². The standard InChI is InChI=1S/C20H28O7P2/c1-3-5-12-15-16(13-6-4-2)18(21)20(29(25,26)27)19(28(22,23)24)17(15)14-10-8-7-9-11-14/h7-11,21H,3-6,12-13H2,1-2H3,(H2,22,23,24)(H2,25,26,27). The van der Waals surface area contributed by atoms with Crippen molar-refractivity contribution in [3.8, 4) is 16.9 Å². The van der Waals surface area contributed by atoms with Gasteiger partial charge in [0.25, 0.3) is 0 Å².